The average molecular weight is 283 g/mol. The molecule has 21 heavy (non-hydrogen) atoms. The van der Waals surface area contributed by atoms with Crippen molar-refractivity contribution in [3.05, 3.63) is 53.2 Å². The van der Waals surface area contributed by atoms with E-state index in [0.717, 1.165) is 17.8 Å². The molecular weight excluding hydrogens is 262 g/mol. The molecule has 0 bridgehead atoms. The van der Waals surface area contributed by atoms with Crippen LogP contribution in [0, 0.1) is 13.8 Å². The standard InChI is InChI=1S/C17H21N3O/c1-4-11-18-17(21)15-10-7-13(3)19-16(15)20-14-8-5-12(2)6-9-14/h5-10H,4,11H2,1-3H3,(H,18,21)(H,19,20). The van der Waals surface area contributed by atoms with Crippen molar-refractivity contribution < 1.29 is 4.79 Å². The second kappa shape index (κ2) is 6.88. The molecule has 0 saturated carbocycles. The monoisotopic (exact) mass is 283 g/mol. The topological polar surface area (TPSA) is 54.0 Å². The van der Waals surface area contributed by atoms with Crippen LogP contribution in [0.3, 0.4) is 0 Å². The van der Waals surface area contributed by atoms with Crippen LogP contribution in [0.2, 0.25) is 0 Å². The zero-order valence-corrected chi connectivity index (χ0v) is 12.7. The number of aromatic nitrogens is 1. The maximum Gasteiger partial charge on any atom is 0.255 e. The average Bonchev–Trinajstić information content (AvgIpc) is 2.47. The predicted octanol–water partition coefficient (Wildman–Crippen LogP) is 3.58. The van der Waals surface area contributed by atoms with Gasteiger partial charge in [0.15, 0.2) is 0 Å². The molecule has 0 spiro atoms. The second-order valence-corrected chi connectivity index (χ2v) is 5.10. The Morgan fingerprint density at radius 3 is 2.48 bits per heavy atom. The molecule has 1 amide bonds. The van der Waals surface area contributed by atoms with E-state index in [1.807, 2.05) is 57.2 Å². The van der Waals surface area contributed by atoms with Gasteiger partial charge in [0, 0.05) is 17.9 Å². The van der Waals surface area contributed by atoms with Crippen LogP contribution in [-0.4, -0.2) is 17.4 Å². The van der Waals surface area contributed by atoms with E-state index in [-0.39, 0.29) is 5.91 Å². The SMILES string of the molecule is CCCNC(=O)c1ccc(C)nc1Nc1ccc(C)cc1. The fourth-order valence-electron chi connectivity index (χ4n) is 1.94. The van der Waals surface area contributed by atoms with E-state index in [9.17, 15) is 4.79 Å². The van der Waals surface area contributed by atoms with Gasteiger partial charge >= 0.3 is 0 Å². The summed E-state index contributed by atoms with van der Waals surface area (Å²) >= 11 is 0. The minimum absolute atomic E-state index is 0.0982. The summed E-state index contributed by atoms with van der Waals surface area (Å²) in [5.74, 6) is 0.492. The molecule has 0 atom stereocenters. The number of carbonyl (C=O) groups is 1. The molecule has 2 rings (SSSR count). The fraction of sp³-hybridized carbons (Fsp3) is 0.294. The first-order valence-electron chi connectivity index (χ1n) is 7.19. The van der Waals surface area contributed by atoms with Crippen molar-refractivity contribution in [2.24, 2.45) is 0 Å². The van der Waals surface area contributed by atoms with Crippen molar-refractivity contribution in [3.8, 4) is 0 Å². The Hall–Kier alpha value is -2.36. The third kappa shape index (κ3) is 4.05. The first kappa shape index (κ1) is 15.0. The summed E-state index contributed by atoms with van der Waals surface area (Å²) in [4.78, 5) is 16.6. The first-order valence-corrected chi connectivity index (χ1v) is 7.19. The largest absolute Gasteiger partial charge is 0.352 e. The molecule has 2 aromatic rings. The smallest absolute Gasteiger partial charge is 0.255 e. The van der Waals surface area contributed by atoms with Gasteiger partial charge in [-0.2, -0.15) is 0 Å². The van der Waals surface area contributed by atoms with E-state index in [2.05, 4.69) is 15.6 Å². The Bertz CT molecular complexity index is 620. The molecule has 4 heteroatoms. The number of carbonyl (C=O) groups excluding carboxylic acids is 1. The molecule has 0 radical (unpaired) electrons. The summed E-state index contributed by atoms with van der Waals surface area (Å²) < 4.78 is 0. The highest BCUT2D eigenvalue weighted by atomic mass is 16.1. The molecule has 4 nitrogen and oxygen atoms in total. The van der Waals surface area contributed by atoms with Crippen LogP contribution in [0.15, 0.2) is 36.4 Å². The van der Waals surface area contributed by atoms with Crippen molar-refractivity contribution in [1.82, 2.24) is 10.3 Å². The van der Waals surface area contributed by atoms with Crippen LogP contribution in [0.4, 0.5) is 11.5 Å². The number of hydrogen-bond donors (Lipinski definition) is 2. The highest BCUT2D eigenvalue weighted by Crippen LogP contribution is 2.20. The minimum Gasteiger partial charge on any atom is -0.352 e. The summed E-state index contributed by atoms with van der Waals surface area (Å²) in [5.41, 5.74) is 3.55. The third-order valence-electron chi connectivity index (χ3n) is 3.13. The van der Waals surface area contributed by atoms with Crippen molar-refractivity contribution in [3.63, 3.8) is 0 Å². The van der Waals surface area contributed by atoms with Crippen molar-refractivity contribution in [1.29, 1.82) is 0 Å². The summed E-state index contributed by atoms with van der Waals surface area (Å²) in [6, 6.07) is 11.7. The normalized spacial score (nSPS) is 10.2. The first-order chi connectivity index (χ1) is 10.1. The highest BCUT2D eigenvalue weighted by molar-refractivity contribution is 5.99. The van der Waals surface area contributed by atoms with Gasteiger partial charge in [-0.3, -0.25) is 4.79 Å². The van der Waals surface area contributed by atoms with E-state index >= 15 is 0 Å². The molecule has 110 valence electrons. The summed E-state index contributed by atoms with van der Waals surface area (Å²) in [5, 5.41) is 6.11. The Morgan fingerprint density at radius 2 is 1.81 bits per heavy atom. The van der Waals surface area contributed by atoms with Crippen LogP contribution in [0.5, 0.6) is 0 Å². The Morgan fingerprint density at radius 1 is 1.10 bits per heavy atom. The predicted molar refractivity (Wildman–Crippen MR) is 86.1 cm³/mol. The van der Waals surface area contributed by atoms with Gasteiger partial charge in [-0.1, -0.05) is 24.6 Å². The van der Waals surface area contributed by atoms with Crippen LogP contribution < -0.4 is 10.6 Å². The van der Waals surface area contributed by atoms with Crippen molar-refractivity contribution in [2.45, 2.75) is 27.2 Å². The number of benzene rings is 1. The lowest BCUT2D eigenvalue weighted by Gasteiger charge is -2.12. The van der Waals surface area contributed by atoms with E-state index in [1.165, 1.54) is 5.56 Å². The van der Waals surface area contributed by atoms with Gasteiger partial charge in [-0.25, -0.2) is 4.98 Å². The van der Waals surface area contributed by atoms with Gasteiger partial charge in [-0.15, -0.1) is 0 Å². The summed E-state index contributed by atoms with van der Waals surface area (Å²) in [6.45, 7) is 6.64. The minimum atomic E-state index is -0.0982. The van der Waals surface area contributed by atoms with Crippen molar-refractivity contribution in [2.75, 3.05) is 11.9 Å². The second-order valence-electron chi connectivity index (χ2n) is 5.10. The zero-order valence-electron chi connectivity index (χ0n) is 12.7. The number of amides is 1. The quantitative estimate of drug-likeness (QED) is 0.881. The number of nitrogens with zero attached hydrogens (tertiary/aromatic N) is 1. The van der Waals surface area contributed by atoms with Gasteiger partial charge in [0.05, 0.1) is 5.56 Å². The molecule has 0 fully saturated rings. The maximum atomic E-state index is 12.2. The maximum absolute atomic E-state index is 12.2. The van der Waals surface area contributed by atoms with Gasteiger partial charge in [0.25, 0.3) is 5.91 Å². The number of pyridine rings is 1. The molecule has 0 saturated heterocycles. The van der Waals surface area contributed by atoms with Crippen LogP contribution in [-0.2, 0) is 0 Å². The molecule has 0 aliphatic rings. The molecule has 0 aliphatic heterocycles. The zero-order chi connectivity index (χ0) is 15.2. The molecule has 2 N–H and O–H groups in total. The Balaban J connectivity index is 2.26. The van der Waals surface area contributed by atoms with E-state index in [4.69, 9.17) is 0 Å². The summed E-state index contributed by atoms with van der Waals surface area (Å²) in [6.07, 6.45) is 0.908. The lowest BCUT2D eigenvalue weighted by atomic mass is 10.2. The van der Waals surface area contributed by atoms with Gasteiger partial charge in [0.2, 0.25) is 0 Å². The highest BCUT2D eigenvalue weighted by Gasteiger charge is 2.12. The molecule has 0 aliphatic carbocycles. The molecule has 0 unspecified atom stereocenters. The van der Waals surface area contributed by atoms with Gasteiger partial charge in [-0.05, 0) is 44.5 Å². The number of nitrogens with one attached hydrogen (secondary N) is 2. The lowest BCUT2D eigenvalue weighted by Crippen LogP contribution is -2.25. The lowest BCUT2D eigenvalue weighted by molar-refractivity contribution is 0.0954. The van der Waals surface area contributed by atoms with E-state index in [1.54, 1.807) is 0 Å². The van der Waals surface area contributed by atoms with Crippen LogP contribution in [0.25, 0.3) is 0 Å². The number of hydrogen-bond acceptors (Lipinski definition) is 3. The number of anilines is 2. The van der Waals surface area contributed by atoms with Crippen molar-refractivity contribution >= 4 is 17.4 Å². The van der Waals surface area contributed by atoms with Gasteiger partial charge < -0.3 is 10.6 Å². The van der Waals surface area contributed by atoms with E-state index in [0.29, 0.717) is 17.9 Å². The molecule has 1 heterocycles. The Labute approximate surface area is 125 Å². The fourth-order valence-corrected chi connectivity index (χ4v) is 1.94. The van der Waals surface area contributed by atoms with Crippen LogP contribution in [0.1, 0.15) is 35.0 Å². The number of rotatable bonds is 5. The molecular formula is C17H21N3O. The molecule has 1 aromatic heterocycles. The molecule has 1 aromatic carbocycles. The van der Waals surface area contributed by atoms with Gasteiger partial charge in [0.1, 0.15) is 5.82 Å². The van der Waals surface area contributed by atoms with Crippen LogP contribution >= 0.6 is 0 Å². The third-order valence-corrected chi connectivity index (χ3v) is 3.13. The summed E-state index contributed by atoms with van der Waals surface area (Å²) in [7, 11) is 0. The Kier molecular flexibility index (Phi) is 4.93. The van der Waals surface area contributed by atoms with E-state index < -0.39 is 0 Å². The number of aryl methyl sites for hydroxylation is 2.